The highest BCUT2D eigenvalue weighted by Crippen LogP contribution is 2.10. The van der Waals surface area contributed by atoms with Gasteiger partial charge in [-0.25, -0.2) is 8.78 Å². The third-order valence-electron chi connectivity index (χ3n) is 1.56. The maximum absolute atomic E-state index is 12.5. The van der Waals surface area contributed by atoms with E-state index in [0.717, 1.165) is 12.1 Å². The first-order valence-electron chi connectivity index (χ1n) is 4.63. The van der Waals surface area contributed by atoms with Gasteiger partial charge in [-0.2, -0.15) is 0 Å². The lowest BCUT2D eigenvalue weighted by molar-refractivity contribution is 0.0987. The first-order valence-corrected chi connectivity index (χ1v) is 4.63. The molecule has 1 aromatic carbocycles. The fraction of sp³-hybridized carbons (Fsp3) is 0.364. The van der Waals surface area contributed by atoms with E-state index in [1.54, 1.807) is 6.92 Å². The molecule has 0 saturated carbocycles. The number of carbonyl (C=O) groups excluding carboxylic acids is 1. The maximum Gasteiger partial charge on any atom is 0.162 e. The van der Waals surface area contributed by atoms with Gasteiger partial charge in [0.05, 0.1) is 0 Å². The van der Waals surface area contributed by atoms with Crippen molar-refractivity contribution in [3.8, 4) is 0 Å². The summed E-state index contributed by atoms with van der Waals surface area (Å²) in [6.07, 6.45) is 0.297. The molecule has 0 aromatic heterocycles. The zero-order valence-corrected chi connectivity index (χ0v) is 8.60. The Hall–Kier alpha value is -1.25. The fourth-order valence-corrected chi connectivity index (χ4v) is 0.874. The van der Waals surface area contributed by atoms with Crippen LogP contribution in [0.25, 0.3) is 0 Å². The van der Waals surface area contributed by atoms with Gasteiger partial charge in [-0.1, -0.05) is 20.8 Å². The van der Waals surface area contributed by atoms with Crippen molar-refractivity contribution >= 4 is 5.78 Å². The van der Waals surface area contributed by atoms with Crippen LogP contribution in [0, 0.1) is 11.6 Å². The summed E-state index contributed by atoms with van der Waals surface area (Å²) in [5, 5.41) is 0. The smallest absolute Gasteiger partial charge is 0.162 e. The molecular weight excluding hydrogens is 186 g/mol. The van der Waals surface area contributed by atoms with E-state index in [1.807, 2.05) is 13.8 Å². The largest absolute Gasteiger partial charge is 0.294 e. The normalized spacial score (nSPS) is 8.93. The minimum absolute atomic E-state index is 0.186. The Morgan fingerprint density at radius 1 is 1.21 bits per heavy atom. The van der Waals surface area contributed by atoms with Gasteiger partial charge in [0.25, 0.3) is 0 Å². The van der Waals surface area contributed by atoms with E-state index in [0.29, 0.717) is 6.42 Å². The molecule has 0 radical (unpaired) electrons. The van der Waals surface area contributed by atoms with Gasteiger partial charge in [0.1, 0.15) is 0 Å². The third kappa shape index (κ3) is 3.24. The van der Waals surface area contributed by atoms with E-state index in [-0.39, 0.29) is 11.3 Å². The van der Waals surface area contributed by atoms with Crippen molar-refractivity contribution in [3.63, 3.8) is 0 Å². The first kappa shape index (κ1) is 12.8. The Morgan fingerprint density at radius 3 is 2.21 bits per heavy atom. The molecule has 0 aliphatic heterocycles. The minimum atomic E-state index is -0.977. The molecule has 0 spiro atoms. The molecule has 1 rings (SSSR count). The molecule has 3 heteroatoms. The van der Waals surface area contributed by atoms with Crippen molar-refractivity contribution in [2.45, 2.75) is 27.2 Å². The Kier molecular flexibility index (Phi) is 5.68. The molecule has 0 aliphatic carbocycles. The minimum Gasteiger partial charge on any atom is -0.294 e. The monoisotopic (exact) mass is 200 g/mol. The summed E-state index contributed by atoms with van der Waals surface area (Å²) < 4.78 is 24.9. The molecule has 0 aliphatic rings. The number of rotatable bonds is 2. The van der Waals surface area contributed by atoms with E-state index in [9.17, 15) is 13.6 Å². The lowest BCUT2D eigenvalue weighted by Gasteiger charge is -1.97. The van der Waals surface area contributed by atoms with Crippen LogP contribution >= 0.6 is 0 Å². The van der Waals surface area contributed by atoms with Crippen molar-refractivity contribution in [2.75, 3.05) is 0 Å². The molecular formula is C11H14F2O. The maximum atomic E-state index is 12.5. The predicted molar refractivity (Wildman–Crippen MR) is 52.3 cm³/mol. The van der Waals surface area contributed by atoms with Crippen LogP contribution in [0.4, 0.5) is 8.78 Å². The molecule has 0 amide bonds. The summed E-state index contributed by atoms with van der Waals surface area (Å²) in [7, 11) is 0. The topological polar surface area (TPSA) is 17.1 Å². The zero-order valence-electron chi connectivity index (χ0n) is 8.60. The molecule has 0 atom stereocenters. The Morgan fingerprint density at radius 2 is 1.79 bits per heavy atom. The van der Waals surface area contributed by atoms with E-state index < -0.39 is 11.6 Å². The first-order chi connectivity index (χ1) is 6.65. The van der Waals surface area contributed by atoms with E-state index in [1.165, 1.54) is 6.07 Å². The van der Waals surface area contributed by atoms with E-state index in [4.69, 9.17) is 0 Å². The number of ketones is 1. The molecule has 14 heavy (non-hydrogen) atoms. The van der Waals surface area contributed by atoms with Crippen LogP contribution < -0.4 is 0 Å². The Labute approximate surface area is 82.8 Å². The second kappa shape index (κ2) is 6.24. The van der Waals surface area contributed by atoms with Crippen LogP contribution in [-0.2, 0) is 0 Å². The molecule has 1 aromatic rings. The van der Waals surface area contributed by atoms with Gasteiger partial charge in [0, 0.05) is 12.0 Å². The van der Waals surface area contributed by atoms with Crippen LogP contribution in [0.5, 0.6) is 0 Å². The average molecular weight is 200 g/mol. The third-order valence-corrected chi connectivity index (χ3v) is 1.56. The van der Waals surface area contributed by atoms with Gasteiger partial charge >= 0.3 is 0 Å². The number of halogens is 2. The zero-order chi connectivity index (χ0) is 11.1. The van der Waals surface area contributed by atoms with Gasteiger partial charge in [-0.3, -0.25) is 4.79 Å². The van der Waals surface area contributed by atoms with Crippen LogP contribution in [0.2, 0.25) is 0 Å². The van der Waals surface area contributed by atoms with Crippen molar-refractivity contribution < 1.29 is 13.6 Å². The molecule has 0 bridgehead atoms. The molecule has 0 heterocycles. The molecule has 0 fully saturated rings. The van der Waals surface area contributed by atoms with E-state index in [2.05, 4.69) is 0 Å². The van der Waals surface area contributed by atoms with Crippen molar-refractivity contribution in [3.05, 3.63) is 35.4 Å². The second-order valence-corrected chi connectivity index (χ2v) is 2.41. The quantitative estimate of drug-likeness (QED) is 0.667. The van der Waals surface area contributed by atoms with E-state index >= 15 is 0 Å². The molecule has 78 valence electrons. The highest BCUT2D eigenvalue weighted by Gasteiger charge is 2.06. The molecule has 1 nitrogen and oxygen atoms in total. The summed E-state index contributed by atoms with van der Waals surface area (Å²) in [5.41, 5.74) is 0.219. The summed E-state index contributed by atoms with van der Waals surface area (Å²) in [6.45, 7) is 5.67. The number of carbonyl (C=O) groups is 1. The Balaban J connectivity index is 0.000000791. The van der Waals surface area contributed by atoms with Gasteiger partial charge < -0.3 is 0 Å². The highest BCUT2D eigenvalue weighted by atomic mass is 19.2. The van der Waals surface area contributed by atoms with Crippen molar-refractivity contribution in [1.82, 2.24) is 0 Å². The summed E-state index contributed by atoms with van der Waals surface area (Å²) in [6, 6.07) is 3.16. The van der Waals surface area contributed by atoms with Crippen LogP contribution in [0.1, 0.15) is 37.6 Å². The van der Waals surface area contributed by atoms with Gasteiger partial charge in [-0.05, 0) is 18.2 Å². The van der Waals surface area contributed by atoms with Crippen LogP contribution in [0.3, 0.4) is 0 Å². The summed E-state index contributed by atoms with van der Waals surface area (Å²) in [4.78, 5) is 11.0. The average Bonchev–Trinajstić information content (AvgIpc) is 2.24. The summed E-state index contributed by atoms with van der Waals surface area (Å²) >= 11 is 0. The van der Waals surface area contributed by atoms with Gasteiger partial charge in [0.15, 0.2) is 17.4 Å². The van der Waals surface area contributed by atoms with Crippen molar-refractivity contribution in [1.29, 1.82) is 0 Å². The van der Waals surface area contributed by atoms with Gasteiger partial charge in [-0.15, -0.1) is 0 Å². The SMILES string of the molecule is CC.CCC(=O)c1ccc(F)c(F)c1. The summed E-state index contributed by atoms with van der Waals surface area (Å²) in [5.74, 6) is -2.09. The highest BCUT2D eigenvalue weighted by molar-refractivity contribution is 5.95. The van der Waals surface area contributed by atoms with Crippen LogP contribution in [0.15, 0.2) is 18.2 Å². The number of benzene rings is 1. The molecule has 0 N–H and O–H groups in total. The second-order valence-electron chi connectivity index (χ2n) is 2.41. The number of hydrogen-bond acceptors (Lipinski definition) is 1. The standard InChI is InChI=1S/C9H8F2O.C2H6/c1-2-9(12)6-3-4-7(10)8(11)5-6;1-2/h3-5H,2H2,1H3;1-2H3. The number of hydrogen-bond donors (Lipinski definition) is 0. The molecule has 0 unspecified atom stereocenters. The predicted octanol–water partition coefficient (Wildman–Crippen LogP) is 3.58. The Bertz CT molecular complexity index is 308. The fourth-order valence-electron chi connectivity index (χ4n) is 0.874. The lowest BCUT2D eigenvalue weighted by Crippen LogP contribution is -1.97. The van der Waals surface area contributed by atoms with Crippen LogP contribution in [-0.4, -0.2) is 5.78 Å². The van der Waals surface area contributed by atoms with Crippen molar-refractivity contribution in [2.24, 2.45) is 0 Å². The number of Topliss-reactive ketones (excluding diaryl/α,β-unsaturated/α-hetero) is 1. The van der Waals surface area contributed by atoms with Gasteiger partial charge in [0.2, 0.25) is 0 Å². The molecule has 0 saturated heterocycles. The lowest BCUT2D eigenvalue weighted by atomic mass is 10.1.